The summed E-state index contributed by atoms with van der Waals surface area (Å²) in [4.78, 5) is 17.4. The fourth-order valence-electron chi connectivity index (χ4n) is 2.14. The first-order chi connectivity index (χ1) is 8.66. The summed E-state index contributed by atoms with van der Waals surface area (Å²) in [5, 5.41) is 2.59. The third-order valence-electron chi connectivity index (χ3n) is 3.32. The highest BCUT2D eigenvalue weighted by molar-refractivity contribution is 5.89. The zero-order valence-electron chi connectivity index (χ0n) is 10.5. The number of rotatable bonds is 1. The van der Waals surface area contributed by atoms with E-state index in [1.807, 2.05) is 0 Å². The molecular weight excluding hydrogens is 233 g/mol. The lowest BCUT2D eigenvalue weighted by atomic mass is 10.0. The summed E-state index contributed by atoms with van der Waals surface area (Å²) >= 11 is 0. The number of hydrogen-bond donors (Lipinski definition) is 1. The van der Waals surface area contributed by atoms with Gasteiger partial charge in [0, 0.05) is 19.3 Å². The summed E-state index contributed by atoms with van der Waals surface area (Å²) in [5.41, 5.74) is 0.187. The Morgan fingerprint density at radius 2 is 2.33 bits per heavy atom. The maximum Gasteiger partial charge on any atom is 0.321 e. The van der Waals surface area contributed by atoms with Crippen molar-refractivity contribution in [3.8, 4) is 0 Å². The minimum absolute atomic E-state index is 0.187. The Morgan fingerprint density at radius 3 is 3.11 bits per heavy atom. The van der Waals surface area contributed by atoms with Crippen LogP contribution in [0.25, 0.3) is 0 Å². The summed E-state index contributed by atoms with van der Waals surface area (Å²) in [6, 6.07) is 1.24. The van der Waals surface area contributed by atoms with Crippen molar-refractivity contribution >= 4 is 11.7 Å². The van der Waals surface area contributed by atoms with E-state index in [4.69, 9.17) is 0 Å². The molecule has 0 aliphatic carbocycles. The van der Waals surface area contributed by atoms with Crippen LogP contribution in [0.5, 0.6) is 0 Å². The molecule has 2 rings (SSSR count). The van der Waals surface area contributed by atoms with Gasteiger partial charge in [-0.2, -0.15) is 0 Å². The first kappa shape index (κ1) is 12.8. The third-order valence-corrected chi connectivity index (χ3v) is 3.32. The molecule has 18 heavy (non-hydrogen) atoms. The predicted molar refractivity (Wildman–Crippen MR) is 67.8 cm³/mol. The number of nitrogens with zero attached hydrogens (tertiary/aromatic N) is 2. The van der Waals surface area contributed by atoms with Crippen molar-refractivity contribution in [2.45, 2.75) is 26.2 Å². The van der Waals surface area contributed by atoms with E-state index in [1.54, 1.807) is 4.90 Å². The molecule has 1 aliphatic heterocycles. The summed E-state index contributed by atoms with van der Waals surface area (Å²) in [6.07, 6.45) is 5.72. The molecule has 0 aromatic carbocycles. The minimum Gasteiger partial charge on any atom is -0.325 e. The zero-order chi connectivity index (χ0) is 13.0. The van der Waals surface area contributed by atoms with Crippen molar-refractivity contribution in [2.75, 3.05) is 18.4 Å². The number of halogens is 1. The molecule has 5 heteroatoms. The Balaban J connectivity index is 1.97. The standard InChI is InChI=1S/C13H18FN3O/c1-10-3-2-7-17(8-5-10)13(18)16-12-4-6-15-9-11(12)14/h4,6,9-10H,2-3,5,7-8H2,1H3,(H,15,16,18). The van der Waals surface area contributed by atoms with E-state index in [-0.39, 0.29) is 11.7 Å². The Bertz CT molecular complexity index is 424. The van der Waals surface area contributed by atoms with Gasteiger partial charge in [-0.25, -0.2) is 9.18 Å². The highest BCUT2D eigenvalue weighted by Crippen LogP contribution is 2.18. The second-order valence-corrected chi connectivity index (χ2v) is 4.81. The fraction of sp³-hybridized carbons (Fsp3) is 0.538. The SMILES string of the molecule is CC1CCCN(C(=O)Nc2ccncc2F)CC1. The summed E-state index contributed by atoms with van der Waals surface area (Å²) in [6.45, 7) is 3.67. The lowest BCUT2D eigenvalue weighted by Gasteiger charge is -2.21. The molecule has 0 bridgehead atoms. The number of amides is 2. The van der Waals surface area contributed by atoms with E-state index in [0.29, 0.717) is 5.92 Å². The summed E-state index contributed by atoms with van der Waals surface area (Å²) in [5.74, 6) is 0.148. The van der Waals surface area contributed by atoms with E-state index in [1.165, 1.54) is 12.3 Å². The van der Waals surface area contributed by atoms with Crippen LogP contribution in [0.15, 0.2) is 18.5 Å². The molecule has 1 aliphatic rings. The normalized spacial score (nSPS) is 20.3. The van der Waals surface area contributed by atoms with Gasteiger partial charge in [-0.05, 0) is 31.2 Å². The molecule has 1 unspecified atom stereocenters. The quantitative estimate of drug-likeness (QED) is 0.834. The molecule has 1 atom stereocenters. The Hall–Kier alpha value is -1.65. The van der Waals surface area contributed by atoms with Gasteiger partial charge in [-0.1, -0.05) is 6.92 Å². The van der Waals surface area contributed by atoms with E-state index in [2.05, 4.69) is 17.2 Å². The largest absolute Gasteiger partial charge is 0.325 e. The maximum absolute atomic E-state index is 13.4. The van der Waals surface area contributed by atoms with Crippen molar-refractivity contribution in [2.24, 2.45) is 5.92 Å². The molecule has 2 amide bonds. The highest BCUT2D eigenvalue weighted by Gasteiger charge is 2.19. The van der Waals surface area contributed by atoms with Crippen molar-refractivity contribution in [3.05, 3.63) is 24.3 Å². The molecule has 2 heterocycles. The monoisotopic (exact) mass is 251 g/mol. The van der Waals surface area contributed by atoms with Crippen molar-refractivity contribution in [1.29, 1.82) is 0 Å². The van der Waals surface area contributed by atoms with Gasteiger partial charge in [0.05, 0.1) is 11.9 Å². The van der Waals surface area contributed by atoms with Gasteiger partial charge in [-0.15, -0.1) is 0 Å². The zero-order valence-corrected chi connectivity index (χ0v) is 10.5. The van der Waals surface area contributed by atoms with Crippen molar-refractivity contribution < 1.29 is 9.18 Å². The van der Waals surface area contributed by atoms with E-state index in [9.17, 15) is 9.18 Å². The van der Waals surface area contributed by atoms with Crippen LogP contribution in [0.3, 0.4) is 0 Å². The van der Waals surface area contributed by atoms with Crippen LogP contribution < -0.4 is 5.32 Å². The Morgan fingerprint density at radius 1 is 1.50 bits per heavy atom. The summed E-state index contributed by atoms with van der Waals surface area (Å²) < 4.78 is 13.4. The predicted octanol–water partition coefficient (Wildman–Crippen LogP) is 2.87. The second-order valence-electron chi connectivity index (χ2n) is 4.81. The molecular formula is C13H18FN3O. The topological polar surface area (TPSA) is 45.2 Å². The lowest BCUT2D eigenvalue weighted by Crippen LogP contribution is -2.35. The van der Waals surface area contributed by atoms with Crippen LogP contribution in [0, 0.1) is 11.7 Å². The molecule has 1 N–H and O–H groups in total. The number of anilines is 1. The molecule has 1 saturated heterocycles. The van der Waals surface area contributed by atoms with Gasteiger partial charge >= 0.3 is 6.03 Å². The van der Waals surface area contributed by atoms with Gasteiger partial charge in [0.15, 0.2) is 5.82 Å². The van der Waals surface area contributed by atoms with Gasteiger partial charge in [0.25, 0.3) is 0 Å². The summed E-state index contributed by atoms with van der Waals surface area (Å²) in [7, 11) is 0. The van der Waals surface area contributed by atoms with E-state index in [0.717, 1.165) is 38.5 Å². The number of carbonyl (C=O) groups is 1. The Kier molecular flexibility index (Phi) is 4.12. The average Bonchev–Trinajstić information content (AvgIpc) is 2.57. The number of urea groups is 1. The van der Waals surface area contributed by atoms with Gasteiger partial charge in [-0.3, -0.25) is 4.98 Å². The smallest absolute Gasteiger partial charge is 0.321 e. The molecule has 0 spiro atoms. The maximum atomic E-state index is 13.4. The fourth-order valence-corrected chi connectivity index (χ4v) is 2.14. The molecule has 98 valence electrons. The van der Waals surface area contributed by atoms with E-state index >= 15 is 0 Å². The number of pyridine rings is 1. The highest BCUT2D eigenvalue weighted by atomic mass is 19.1. The number of hydrogen-bond acceptors (Lipinski definition) is 2. The second kappa shape index (κ2) is 5.80. The van der Waals surface area contributed by atoms with Crippen LogP contribution in [0.1, 0.15) is 26.2 Å². The molecule has 0 radical (unpaired) electrons. The molecule has 1 fully saturated rings. The van der Waals surface area contributed by atoms with Gasteiger partial charge < -0.3 is 10.2 Å². The molecule has 1 aromatic rings. The Labute approximate surface area is 106 Å². The number of carbonyl (C=O) groups excluding carboxylic acids is 1. The van der Waals surface area contributed by atoms with Crippen LogP contribution in [0.2, 0.25) is 0 Å². The molecule has 0 saturated carbocycles. The first-order valence-corrected chi connectivity index (χ1v) is 6.32. The number of nitrogens with one attached hydrogen (secondary N) is 1. The van der Waals surface area contributed by atoms with Gasteiger partial charge in [0.2, 0.25) is 0 Å². The first-order valence-electron chi connectivity index (χ1n) is 6.32. The average molecular weight is 251 g/mol. The molecule has 4 nitrogen and oxygen atoms in total. The van der Waals surface area contributed by atoms with Crippen molar-refractivity contribution in [1.82, 2.24) is 9.88 Å². The van der Waals surface area contributed by atoms with Crippen LogP contribution in [-0.4, -0.2) is 29.0 Å². The minimum atomic E-state index is -0.506. The molecule has 1 aromatic heterocycles. The van der Waals surface area contributed by atoms with Crippen molar-refractivity contribution in [3.63, 3.8) is 0 Å². The number of aromatic nitrogens is 1. The van der Waals surface area contributed by atoms with Crippen LogP contribution in [0.4, 0.5) is 14.9 Å². The third kappa shape index (κ3) is 3.18. The van der Waals surface area contributed by atoms with Crippen LogP contribution >= 0.6 is 0 Å². The number of likely N-dealkylation sites (tertiary alicyclic amines) is 1. The van der Waals surface area contributed by atoms with Gasteiger partial charge in [0.1, 0.15) is 0 Å². The van der Waals surface area contributed by atoms with Crippen LogP contribution in [-0.2, 0) is 0 Å². The lowest BCUT2D eigenvalue weighted by molar-refractivity contribution is 0.213. The van der Waals surface area contributed by atoms with E-state index < -0.39 is 5.82 Å².